The molecule has 0 saturated heterocycles. The minimum absolute atomic E-state index is 0.359. The average Bonchev–Trinajstić information content (AvgIpc) is 2.19. The maximum absolute atomic E-state index is 12.7. The molecular weight excluding hydrogens is 181 g/mol. The topological polar surface area (TPSA) is 38.7 Å². The summed E-state index contributed by atoms with van der Waals surface area (Å²) < 4.78 is 12.7. The summed E-state index contributed by atoms with van der Waals surface area (Å²) in [6, 6.07) is 7.56. The lowest BCUT2D eigenvalue weighted by atomic mass is 10.1. The molecule has 0 spiro atoms. The zero-order chi connectivity index (χ0) is 9.97. The summed E-state index contributed by atoms with van der Waals surface area (Å²) >= 11 is 0. The molecule has 0 saturated carbocycles. The molecule has 0 aliphatic rings. The lowest BCUT2D eigenvalue weighted by Gasteiger charge is -1.98. The Bertz CT molecular complexity index is 439. The lowest BCUT2D eigenvalue weighted by Crippen LogP contribution is -1.94. The van der Waals surface area contributed by atoms with Crippen LogP contribution in [0.2, 0.25) is 0 Å². The Morgan fingerprint density at radius 1 is 1.07 bits per heavy atom. The fourth-order valence-corrected chi connectivity index (χ4v) is 1.12. The number of halogens is 1. The minimum Gasteiger partial charge on any atom is -0.216 e. The van der Waals surface area contributed by atoms with Crippen LogP contribution in [0.25, 0.3) is 11.4 Å². The van der Waals surface area contributed by atoms with Crippen molar-refractivity contribution < 1.29 is 4.39 Å². The average molecular weight is 189 g/mol. The van der Waals surface area contributed by atoms with Gasteiger partial charge in [-0.05, 0) is 6.92 Å². The molecule has 4 heteroatoms. The third kappa shape index (κ3) is 1.74. The van der Waals surface area contributed by atoms with E-state index in [1.165, 1.54) is 0 Å². The van der Waals surface area contributed by atoms with Crippen molar-refractivity contribution in [2.24, 2.45) is 0 Å². The van der Waals surface area contributed by atoms with E-state index >= 15 is 0 Å². The van der Waals surface area contributed by atoms with Crippen molar-refractivity contribution >= 4 is 0 Å². The molecule has 0 N–H and O–H groups in total. The number of hydrogen-bond acceptors (Lipinski definition) is 3. The Morgan fingerprint density at radius 3 is 2.43 bits per heavy atom. The zero-order valence-corrected chi connectivity index (χ0v) is 7.61. The van der Waals surface area contributed by atoms with E-state index in [4.69, 9.17) is 0 Å². The van der Waals surface area contributed by atoms with Crippen LogP contribution in [0.15, 0.2) is 30.6 Å². The first-order valence-corrected chi connectivity index (χ1v) is 4.17. The van der Waals surface area contributed by atoms with Gasteiger partial charge in [0.25, 0.3) is 0 Å². The number of hydrogen-bond donors (Lipinski definition) is 0. The fourth-order valence-electron chi connectivity index (χ4n) is 1.12. The van der Waals surface area contributed by atoms with E-state index < -0.39 is 6.08 Å². The predicted molar refractivity (Wildman–Crippen MR) is 50.0 cm³/mol. The Kier molecular flexibility index (Phi) is 2.18. The van der Waals surface area contributed by atoms with Crippen molar-refractivity contribution in [3.05, 3.63) is 42.2 Å². The van der Waals surface area contributed by atoms with E-state index in [9.17, 15) is 4.39 Å². The standard InChI is InChI=1S/C10H8FN3/c1-7-2-4-8(5-3-7)9-12-6-13-10(11)14-9/h2-6H,1H3. The van der Waals surface area contributed by atoms with Gasteiger partial charge in [-0.3, -0.25) is 0 Å². The number of aromatic nitrogens is 3. The van der Waals surface area contributed by atoms with Crippen LogP contribution in [-0.2, 0) is 0 Å². The summed E-state index contributed by atoms with van der Waals surface area (Å²) in [6.07, 6.45) is 0.410. The SMILES string of the molecule is Cc1ccc(-c2ncnc(F)n2)cc1. The van der Waals surface area contributed by atoms with E-state index in [1.807, 2.05) is 31.2 Å². The van der Waals surface area contributed by atoms with Crippen molar-refractivity contribution in [3.63, 3.8) is 0 Å². The van der Waals surface area contributed by atoms with E-state index in [0.717, 1.165) is 17.5 Å². The molecular formula is C10H8FN3. The van der Waals surface area contributed by atoms with Gasteiger partial charge in [0, 0.05) is 5.56 Å². The van der Waals surface area contributed by atoms with E-state index in [-0.39, 0.29) is 0 Å². The Balaban J connectivity index is 2.44. The third-order valence-corrected chi connectivity index (χ3v) is 1.85. The molecule has 1 aromatic carbocycles. The lowest BCUT2D eigenvalue weighted by molar-refractivity contribution is 0.534. The molecule has 0 aliphatic carbocycles. The van der Waals surface area contributed by atoms with Gasteiger partial charge >= 0.3 is 6.08 Å². The molecule has 0 amide bonds. The van der Waals surface area contributed by atoms with Crippen LogP contribution in [0.1, 0.15) is 5.56 Å². The molecule has 0 bridgehead atoms. The number of nitrogens with zero attached hydrogens (tertiary/aromatic N) is 3. The second-order valence-electron chi connectivity index (χ2n) is 2.94. The number of benzene rings is 1. The van der Waals surface area contributed by atoms with E-state index in [2.05, 4.69) is 15.0 Å². The zero-order valence-electron chi connectivity index (χ0n) is 7.61. The van der Waals surface area contributed by atoms with Crippen LogP contribution in [-0.4, -0.2) is 15.0 Å². The van der Waals surface area contributed by atoms with Crippen molar-refractivity contribution in [1.82, 2.24) is 15.0 Å². The molecule has 0 aliphatic heterocycles. The highest BCUT2D eigenvalue weighted by atomic mass is 19.1. The molecule has 2 aromatic rings. The van der Waals surface area contributed by atoms with Gasteiger partial charge in [0.1, 0.15) is 6.33 Å². The molecule has 0 atom stereocenters. The van der Waals surface area contributed by atoms with E-state index in [0.29, 0.717) is 5.82 Å². The summed E-state index contributed by atoms with van der Waals surface area (Å²) in [5.41, 5.74) is 1.93. The minimum atomic E-state index is -0.754. The van der Waals surface area contributed by atoms with E-state index in [1.54, 1.807) is 0 Å². The smallest absolute Gasteiger partial charge is 0.216 e. The van der Waals surface area contributed by atoms with Crippen LogP contribution >= 0.6 is 0 Å². The molecule has 0 unspecified atom stereocenters. The molecule has 0 radical (unpaired) electrons. The second-order valence-corrected chi connectivity index (χ2v) is 2.94. The van der Waals surface area contributed by atoms with Gasteiger partial charge < -0.3 is 0 Å². The molecule has 1 aromatic heterocycles. The summed E-state index contributed by atoms with van der Waals surface area (Å²) in [6.45, 7) is 1.98. The highest BCUT2D eigenvalue weighted by Gasteiger charge is 2.01. The van der Waals surface area contributed by atoms with Gasteiger partial charge in [-0.25, -0.2) is 4.98 Å². The first-order chi connectivity index (χ1) is 6.75. The van der Waals surface area contributed by atoms with Crippen molar-refractivity contribution in [2.75, 3.05) is 0 Å². The first kappa shape index (κ1) is 8.74. The van der Waals surface area contributed by atoms with Crippen LogP contribution < -0.4 is 0 Å². The fraction of sp³-hybridized carbons (Fsp3) is 0.100. The van der Waals surface area contributed by atoms with Crippen LogP contribution in [0, 0.1) is 13.0 Å². The monoisotopic (exact) mass is 189 g/mol. The van der Waals surface area contributed by atoms with Gasteiger partial charge in [-0.1, -0.05) is 29.8 Å². The maximum atomic E-state index is 12.7. The van der Waals surface area contributed by atoms with Crippen molar-refractivity contribution in [1.29, 1.82) is 0 Å². The predicted octanol–water partition coefficient (Wildman–Crippen LogP) is 1.99. The molecule has 70 valence electrons. The Morgan fingerprint density at radius 2 is 1.79 bits per heavy atom. The summed E-state index contributed by atoms with van der Waals surface area (Å²) in [7, 11) is 0. The number of aryl methyl sites for hydroxylation is 1. The first-order valence-electron chi connectivity index (χ1n) is 4.17. The van der Waals surface area contributed by atoms with Crippen LogP contribution in [0.4, 0.5) is 4.39 Å². The molecule has 1 heterocycles. The summed E-state index contributed by atoms with van der Waals surface area (Å²) in [5, 5.41) is 0. The third-order valence-electron chi connectivity index (χ3n) is 1.85. The summed E-state index contributed by atoms with van der Waals surface area (Å²) in [5.74, 6) is 0.359. The molecule has 3 nitrogen and oxygen atoms in total. The van der Waals surface area contributed by atoms with Crippen LogP contribution in [0.3, 0.4) is 0 Å². The van der Waals surface area contributed by atoms with Gasteiger partial charge in [0.2, 0.25) is 0 Å². The molecule has 0 fully saturated rings. The van der Waals surface area contributed by atoms with Crippen LogP contribution in [0.5, 0.6) is 0 Å². The van der Waals surface area contributed by atoms with Crippen molar-refractivity contribution in [2.45, 2.75) is 6.92 Å². The van der Waals surface area contributed by atoms with Crippen molar-refractivity contribution in [3.8, 4) is 11.4 Å². The van der Waals surface area contributed by atoms with Gasteiger partial charge in [0.15, 0.2) is 5.82 Å². The molecule has 2 rings (SSSR count). The largest absolute Gasteiger partial charge is 0.312 e. The molecule has 14 heavy (non-hydrogen) atoms. The van der Waals surface area contributed by atoms with Gasteiger partial charge in [-0.2, -0.15) is 14.4 Å². The highest BCUT2D eigenvalue weighted by Crippen LogP contribution is 2.13. The normalized spacial score (nSPS) is 10.1. The number of rotatable bonds is 1. The second kappa shape index (κ2) is 3.49. The Labute approximate surface area is 80.7 Å². The maximum Gasteiger partial charge on any atom is 0.312 e. The Hall–Kier alpha value is -1.84. The van der Waals surface area contributed by atoms with Gasteiger partial charge in [-0.15, -0.1) is 0 Å². The van der Waals surface area contributed by atoms with Gasteiger partial charge in [0.05, 0.1) is 0 Å². The summed E-state index contributed by atoms with van der Waals surface area (Å²) in [4.78, 5) is 10.8. The quantitative estimate of drug-likeness (QED) is 0.688. The highest BCUT2D eigenvalue weighted by molar-refractivity contribution is 5.54.